The average molecular weight is 645 g/mol. The van der Waals surface area contributed by atoms with E-state index in [0.717, 1.165) is 4.31 Å². The maximum atomic E-state index is 14.0. The summed E-state index contributed by atoms with van der Waals surface area (Å²) in [5.41, 5.74) is 0.627. The highest BCUT2D eigenvalue weighted by atomic mass is 35.5. The molecular weight excluding hydrogens is 616 g/mol. The van der Waals surface area contributed by atoms with Crippen LogP contribution in [0.4, 0.5) is 5.69 Å². The van der Waals surface area contributed by atoms with E-state index in [1.54, 1.807) is 37.3 Å². The zero-order chi connectivity index (χ0) is 29.6. The first kappa shape index (κ1) is 32.0. The van der Waals surface area contributed by atoms with Crippen LogP contribution < -0.4 is 9.62 Å². The number of rotatable bonds is 11. The second kappa shape index (κ2) is 13.9. The Kier molecular flexibility index (Phi) is 11.1. The number of nitrogens with one attached hydrogen (secondary N) is 1. The molecule has 3 aromatic carbocycles. The number of sulfonamides is 1. The van der Waals surface area contributed by atoms with Gasteiger partial charge in [0.15, 0.2) is 0 Å². The molecule has 3 rings (SSSR count). The van der Waals surface area contributed by atoms with Crippen molar-refractivity contribution in [3.05, 3.63) is 92.4 Å². The molecule has 0 aromatic heterocycles. The summed E-state index contributed by atoms with van der Waals surface area (Å²) in [6.07, 6.45) is 0.689. The zero-order valence-corrected chi connectivity index (χ0v) is 25.9. The molecule has 214 valence electrons. The second-order valence-corrected chi connectivity index (χ2v) is 12.8. The standard InChI is InChI=1S/C28H29Cl4N3O4S/c1-4-18(2)33-28(37)19(3)34(16-20-10-11-21(29)15-26(20)32)27(36)17-35(24-13-22(30)12-23(31)14-24)40(38,39)25-8-6-5-7-9-25/h5-15,18-19H,4,16-17H2,1-3H3,(H,33,37)/t18-,19+/m0/s1. The molecule has 0 unspecified atom stereocenters. The van der Waals surface area contributed by atoms with Gasteiger partial charge in [0.05, 0.1) is 10.6 Å². The van der Waals surface area contributed by atoms with Crippen LogP contribution in [0.5, 0.6) is 0 Å². The number of amides is 2. The van der Waals surface area contributed by atoms with Crippen LogP contribution in [0, 0.1) is 0 Å². The Bertz CT molecular complexity index is 1450. The van der Waals surface area contributed by atoms with Gasteiger partial charge < -0.3 is 10.2 Å². The van der Waals surface area contributed by atoms with E-state index in [1.807, 2.05) is 13.8 Å². The van der Waals surface area contributed by atoms with E-state index in [2.05, 4.69) is 5.32 Å². The number of halogens is 4. The van der Waals surface area contributed by atoms with Crippen LogP contribution >= 0.6 is 46.4 Å². The molecule has 0 fully saturated rings. The summed E-state index contributed by atoms with van der Waals surface area (Å²) < 4.78 is 28.5. The molecule has 0 aliphatic heterocycles. The smallest absolute Gasteiger partial charge is 0.264 e. The lowest BCUT2D eigenvalue weighted by molar-refractivity contribution is -0.139. The molecule has 0 aliphatic rings. The van der Waals surface area contributed by atoms with E-state index < -0.39 is 34.4 Å². The lowest BCUT2D eigenvalue weighted by Gasteiger charge is -2.32. The number of nitrogens with zero attached hydrogens (tertiary/aromatic N) is 2. The molecule has 12 heteroatoms. The van der Waals surface area contributed by atoms with E-state index >= 15 is 0 Å². The van der Waals surface area contributed by atoms with Crippen molar-refractivity contribution in [1.82, 2.24) is 10.2 Å². The highest BCUT2D eigenvalue weighted by Gasteiger charge is 2.33. The third-order valence-electron chi connectivity index (χ3n) is 6.27. The molecule has 3 aromatic rings. The Morgan fingerprint density at radius 1 is 0.875 bits per heavy atom. The Morgan fingerprint density at radius 2 is 1.50 bits per heavy atom. The van der Waals surface area contributed by atoms with Gasteiger partial charge >= 0.3 is 0 Å². The summed E-state index contributed by atoms with van der Waals surface area (Å²) in [7, 11) is -4.25. The fraction of sp³-hybridized carbons (Fsp3) is 0.286. The quantitative estimate of drug-likeness (QED) is 0.248. The van der Waals surface area contributed by atoms with Gasteiger partial charge in [0.1, 0.15) is 12.6 Å². The molecule has 0 saturated carbocycles. The van der Waals surface area contributed by atoms with E-state index in [4.69, 9.17) is 46.4 Å². The molecule has 0 saturated heterocycles. The summed E-state index contributed by atoms with van der Waals surface area (Å²) in [5.74, 6) is -1.04. The number of anilines is 1. The normalized spacial score (nSPS) is 12.9. The van der Waals surface area contributed by atoms with Crippen molar-refractivity contribution in [2.24, 2.45) is 0 Å². The molecule has 0 aliphatic carbocycles. The Morgan fingerprint density at radius 3 is 2.08 bits per heavy atom. The van der Waals surface area contributed by atoms with Gasteiger partial charge in [0, 0.05) is 32.7 Å². The van der Waals surface area contributed by atoms with Crippen LogP contribution in [0.25, 0.3) is 0 Å². The van der Waals surface area contributed by atoms with E-state index in [-0.39, 0.29) is 33.2 Å². The van der Waals surface area contributed by atoms with Crippen molar-refractivity contribution < 1.29 is 18.0 Å². The van der Waals surface area contributed by atoms with E-state index in [9.17, 15) is 18.0 Å². The highest BCUT2D eigenvalue weighted by Crippen LogP contribution is 2.30. The lowest BCUT2D eigenvalue weighted by atomic mass is 10.1. The minimum absolute atomic E-state index is 0.0336. The van der Waals surface area contributed by atoms with E-state index in [1.165, 1.54) is 41.3 Å². The molecule has 1 N–H and O–H groups in total. The summed E-state index contributed by atoms with van der Waals surface area (Å²) in [6, 6.07) is 15.7. The van der Waals surface area contributed by atoms with Gasteiger partial charge in [-0.2, -0.15) is 0 Å². The fourth-order valence-corrected chi connectivity index (χ4v) is 6.21. The maximum absolute atomic E-state index is 14.0. The van der Waals surface area contributed by atoms with Crippen LogP contribution in [0.3, 0.4) is 0 Å². The number of hydrogen-bond acceptors (Lipinski definition) is 4. The van der Waals surface area contributed by atoms with Gasteiger partial charge in [0.25, 0.3) is 10.0 Å². The van der Waals surface area contributed by atoms with Gasteiger partial charge in [-0.1, -0.05) is 77.6 Å². The van der Waals surface area contributed by atoms with Crippen molar-refractivity contribution in [2.75, 3.05) is 10.8 Å². The Hall–Kier alpha value is -2.49. The average Bonchev–Trinajstić information content (AvgIpc) is 2.90. The molecule has 7 nitrogen and oxygen atoms in total. The van der Waals surface area contributed by atoms with Crippen molar-refractivity contribution in [1.29, 1.82) is 0 Å². The predicted octanol–water partition coefficient (Wildman–Crippen LogP) is 6.83. The number of carbonyl (C=O) groups is 2. The minimum atomic E-state index is -4.25. The van der Waals surface area contributed by atoms with E-state index in [0.29, 0.717) is 22.0 Å². The molecule has 2 atom stereocenters. The maximum Gasteiger partial charge on any atom is 0.264 e. The summed E-state index contributed by atoms with van der Waals surface area (Å²) in [4.78, 5) is 28.3. The molecular formula is C28H29Cl4N3O4S. The molecule has 0 spiro atoms. The van der Waals surface area contributed by atoms with Gasteiger partial charge in [0.2, 0.25) is 11.8 Å². The van der Waals surface area contributed by atoms with Gasteiger partial charge in [-0.3, -0.25) is 13.9 Å². The second-order valence-electron chi connectivity index (χ2n) is 9.20. The first-order valence-corrected chi connectivity index (χ1v) is 15.4. The molecule has 0 bridgehead atoms. The van der Waals surface area contributed by atoms with Gasteiger partial charge in [-0.15, -0.1) is 0 Å². The third kappa shape index (κ3) is 8.04. The van der Waals surface area contributed by atoms with Gasteiger partial charge in [-0.05, 0) is 68.3 Å². The van der Waals surface area contributed by atoms with Crippen LogP contribution in [0.2, 0.25) is 20.1 Å². The Labute approximate surface area is 255 Å². The van der Waals surface area contributed by atoms with Crippen LogP contribution in [-0.4, -0.2) is 43.8 Å². The number of benzene rings is 3. The topological polar surface area (TPSA) is 86.8 Å². The van der Waals surface area contributed by atoms with Crippen molar-refractivity contribution in [3.63, 3.8) is 0 Å². The van der Waals surface area contributed by atoms with Crippen molar-refractivity contribution in [3.8, 4) is 0 Å². The predicted molar refractivity (Wildman–Crippen MR) is 162 cm³/mol. The summed E-state index contributed by atoms with van der Waals surface area (Å²) in [6.45, 7) is 4.64. The first-order chi connectivity index (χ1) is 18.8. The van der Waals surface area contributed by atoms with Crippen molar-refractivity contribution >= 4 is 73.9 Å². The van der Waals surface area contributed by atoms with Crippen LogP contribution in [-0.2, 0) is 26.2 Å². The monoisotopic (exact) mass is 643 g/mol. The third-order valence-corrected chi connectivity index (χ3v) is 9.08. The molecule has 2 amide bonds. The SMILES string of the molecule is CC[C@H](C)NC(=O)[C@@H](C)N(Cc1ccc(Cl)cc1Cl)C(=O)CN(c1cc(Cl)cc(Cl)c1)S(=O)(=O)c1ccccc1. The molecule has 40 heavy (non-hydrogen) atoms. The highest BCUT2D eigenvalue weighted by molar-refractivity contribution is 7.92. The zero-order valence-electron chi connectivity index (χ0n) is 22.1. The summed E-state index contributed by atoms with van der Waals surface area (Å²) >= 11 is 24.9. The number of hydrogen-bond donors (Lipinski definition) is 1. The molecule has 0 heterocycles. The van der Waals surface area contributed by atoms with Crippen molar-refractivity contribution in [2.45, 2.75) is 50.7 Å². The first-order valence-electron chi connectivity index (χ1n) is 12.4. The largest absolute Gasteiger partial charge is 0.352 e. The Balaban J connectivity index is 2.07. The fourth-order valence-electron chi connectivity index (χ4n) is 3.81. The van der Waals surface area contributed by atoms with Gasteiger partial charge in [-0.25, -0.2) is 8.42 Å². The minimum Gasteiger partial charge on any atom is -0.352 e. The lowest BCUT2D eigenvalue weighted by Crippen LogP contribution is -2.52. The molecule has 0 radical (unpaired) electrons. The summed E-state index contributed by atoms with van der Waals surface area (Å²) in [5, 5.41) is 3.97. The number of carbonyl (C=O) groups excluding carboxylic acids is 2. The van der Waals surface area contributed by atoms with Crippen LogP contribution in [0.1, 0.15) is 32.8 Å². The van der Waals surface area contributed by atoms with Crippen LogP contribution in [0.15, 0.2) is 71.6 Å².